The number of nitrogens with zero attached hydrogens (tertiary/aromatic N) is 2. The molecule has 1 saturated heterocycles. The summed E-state index contributed by atoms with van der Waals surface area (Å²) in [6.45, 7) is 4.50. The quantitative estimate of drug-likeness (QED) is 0.530. The Kier molecular flexibility index (Phi) is 6.33. The van der Waals surface area contributed by atoms with Crippen molar-refractivity contribution in [3.63, 3.8) is 0 Å². The van der Waals surface area contributed by atoms with Crippen molar-refractivity contribution >= 4 is 17.3 Å². The van der Waals surface area contributed by atoms with Gasteiger partial charge in [0.25, 0.3) is 0 Å². The summed E-state index contributed by atoms with van der Waals surface area (Å²) in [6.07, 6.45) is 12.1. The van der Waals surface area contributed by atoms with Gasteiger partial charge in [-0.3, -0.25) is 19.5 Å². The van der Waals surface area contributed by atoms with Gasteiger partial charge < -0.3 is 4.42 Å². The minimum absolute atomic E-state index is 0.0479. The van der Waals surface area contributed by atoms with E-state index < -0.39 is 5.92 Å². The zero-order valence-electron chi connectivity index (χ0n) is 17.7. The van der Waals surface area contributed by atoms with Crippen molar-refractivity contribution in [1.82, 2.24) is 4.90 Å². The van der Waals surface area contributed by atoms with Gasteiger partial charge in [0.15, 0.2) is 0 Å². The Morgan fingerprint density at radius 2 is 1.76 bits per heavy atom. The lowest BCUT2D eigenvalue weighted by Gasteiger charge is -2.41. The number of carbonyl (C=O) groups is 2. The monoisotopic (exact) mass is 398 g/mol. The summed E-state index contributed by atoms with van der Waals surface area (Å²) in [5, 5.41) is 0. The van der Waals surface area contributed by atoms with Gasteiger partial charge in [0, 0.05) is 18.6 Å². The van der Waals surface area contributed by atoms with Crippen LogP contribution in [-0.2, 0) is 9.59 Å². The molecule has 4 rings (SSSR count). The molecule has 0 bridgehead atoms. The molecule has 3 fully saturated rings. The van der Waals surface area contributed by atoms with Gasteiger partial charge in [0.1, 0.15) is 23.2 Å². The van der Waals surface area contributed by atoms with E-state index >= 15 is 0 Å². The molecule has 0 amide bonds. The van der Waals surface area contributed by atoms with Crippen molar-refractivity contribution < 1.29 is 14.0 Å². The zero-order valence-corrected chi connectivity index (χ0v) is 17.7. The third-order valence-corrected chi connectivity index (χ3v) is 7.29. The Morgan fingerprint density at radius 1 is 1.10 bits per heavy atom. The molecule has 0 radical (unpaired) electrons. The van der Waals surface area contributed by atoms with Crippen LogP contribution in [-0.4, -0.2) is 41.8 Å². The van der Waals surface area contributed by atoms with Crippen molar-refractivity contribution in [2.45, 2.75) is 77.2 Å². The maximum Gasteiger partial charge on any atom is 0.149 e. The second-order valence-electron chi connectivity index (χ2n) is 9.39. The predicted octanol–water partition coefficient (Wildman–Crippen LogP) is 4.77. The predicted molar refractivity (Wildman–Crippen MR) is 113 cm³/mol. The highest BCUT2D eigenvalue weighted by Crippen LogP contribution is 2.46. The topological polar surface area (TPSA) is 62.9 Å². The molecule has 2 saturated carbocycles. The second kappa shape index (κ2) is 8.95. The fraction of sp³-hybridized carbons (Fsp3) is 0.708. The molecule has 3 aliphatic rings. The Morgan fingerprint density at radius 3 is 2.38 bits per heavy atom. The van der Waals surface area contributed by atoms with E-state index in [1.807, 2.05) is 19.1 Å². The number of likely N-dealkylation sites (tertiary alicyclic amines) is 1. The zero-order chi connectivity index (χ0) is 20.3. The van der Waals surface area contributed by atoms with Crippen LogP contribution in [0.25, 0.3) is 0 Å². The molecule has 158 valence electrons. The first-order valence-corrected chi connectivity index (χ1v) is 11.4. The lowest BCUT2D eigenvalue weighted by molar-refractivity contribution is -0.138. The van der Waals surface area contributed by atoms with Crippen LogP contribution in [0.5, 0.6) is 0 Å². The molecule has 1 aromatic rings. The summed E-state index contributed by atoms with van der Waals surface area (Å²) in [6, 6.07) is 4.01. The highest BCUT2D eigenvalue weighted by atomic mass is 16.3. The summed E-state index contributed by atoms with van der Waals surface area (Å²) in [5.74, 6) is 0.487. The van der Waals surface area contributed by atoms with Crippen molar-refractivity contribution in [2.75, 3.05) is 19.6 Å². The number of furan rings is 1. The molecule has 0 unspecified atom stereocenters. The summed E-state index contributed by atoms with van der Waals surface area (Å²) >= 11 is 0. The first-order chi connectivity index (χ1) is 14.1. The van der Waals surface area contributed by atoms with Gasteiger partial charge in [-0.15, -0.1) is 0 Å². The molecule has 5 heteroatoms. The van der Waals surface area contributed by atoms with Gasteiger partial charge in [-0.1, -0.05) is 25.7 Å². The van der Waals surface area contributed by atoms with Gasteiger partial charge in [-0.25, -0.2) is 0 Å². The van der Waals surface area contributed by atoms with Gasteiger partial charge in [-0.05, 0) is 63.2 Å². The lowest BCUT2D eigenvalue weighted by atomic mass is 9.62. The maximum absolute atomic E-state index is 13.0. The number of aliphatic imine (C=N–C) groups is 1. The molecule has 29 heavy (non-hydrogen) atoms. The van der Waals surface area contributed by atoms with Crippen LogP contribution in [0, 0.1) is 11.3 Å². The normalized spacial score (nSPS) is 25.5. The Balaban J connectivity index is 1.46. The van der Waals surface area contributed by atoms with Gasteiger partial charge >= 0.3 is 0 Å². The number of piperidine rings is 1. The van der Waals surface area contributed by atoms with Gasteiger partial charge in [-0.2, -0.15) is 0 Å². The molecule has 2 aliphatic carbocycles. The first kappa shape index (κ1) is 20.5. The van der Waals surface area contributed by atoms with E-state index in [9.17, 15) is 9.59 Å². The molecule has 1 aromatic heterocycles. The fourth-order valence-electron chi connectivity index (χ4n) is 5.72. The van der Waals surface area contributed by atoms with Crippen LogP contribution in [0.3, 0.4) is 0 Å². The standard InChI is InChI=1S/C24H34N2O3/c1-18(23-20(27)15-24(16-21(23)28)10-4-2-5-11-24)25-17-19(22-9-8-14-29-22)26-12-6-3-7-13-26/h8-9,14,19,23H,2-7,10-13,15-17H2,1H3/t19-/m0/s1. The lowest BCUT2D eigenvalue weighted by Crippen LogP contribution is -2.44. The third kappa shape index (κ3) is 4.55. The Hall–Kier alpha value is -1.75. The second-order valence-corrected chi connectivity index (χ2v) is 9.39. The molecular weight excluding hydrogens is 364 g/mol. The largest absolute Gasteiger partial charge is 0.468 e. The number of hydrogen-bond acceptors (Lipinski definition) is 5. The molecule has 0 N–H and O–H groups in total. The molecule has 1 spiro atoms. The van der Waals surface area contributed by atoms with Crippen LogP contribution >= 0.6 is 0 Å². The van der Waals surface area contributed by atoms with Crippen molar-refractivity contribution in [3.8, 4) is 0 Å². The Labute approximate surface area is 173 Å². The molecule has 5 nitrogen and oxygen atoms in total. The van der Waals surface area contributed by atoms with Gasteiger partial charge in [0.05, 0.1) is 18.8 Å². The Bertz CT molecular complexity index is 720. The molecule has 1 aliphatic heterocycles. The third-order valence-electron chi connectivity index (χ3n) is 7.29. The highest BCUT2D eigenvalue weighted by Gasteiger charge is 2.46. The van der Waals surface area contributed by atoms with E-state index in [0.717, 1.165) is 44.5 Å². The number of ketones is 2. The molecule has 1 atom stereocenters. The van der Waals surface area contributed by atoms with Crippen LogP contribution < -0.4 is 0 Å². The molecule has 0 aromatic carbocycles. The summed E-state index contributed by atoms with van der Waals surface area (Å²) < 4.78 is 5.70. The number of rotatable bonds is 5. The number of Topliss-reactive ketones (excluding diaryl/α,β-unsaturated/α-hetero) is 2. The van der Waals surface area contributed by atoms with Crippen LogP contribution in [0.4, 0.5) is 0 Å². The van der Waals surface area contributed by atoms with E-state index in [1.165, 1.54) is 25.7 Å². The summed E-state index contributed by atoms with van der Waals surface area (Å²) in [5.41, 5.74) is 0.646. The van der Waals surface area contributed by atoms with E-state index in [2.05, 4.69) is 4.90 Å². The average Bonchev–Trinajstić information content (AvgIpc) is 3.23. The number of carbonyl (C=O) groups excluding carboxylic acids is 2. The molecular formula is C24H34N2O3. The van der Waals surface area contributed by atoms with E-state index in [4.69, 9.17) is 9.41 Å². The SMILES string of the molecule is CC(=NC[C@@H](c1ccco1)N1CCCCC1)C1C(=O)CC2(CCCCC2)CC1=O. The summed E-state index contributed by atoms with van der Waals surface area (Å²) in [4.78, 5) is 33.1. The smallest absolute Gasteiger partial charge is 0.149 e. The fourth-order valence-corrected chi connectivity index (χ4v) is 5.72. The van der Waals surface area contributed by atoms with Gasteiger partial charge in [0.2, 0.25) is 0 Å². The van der Waals surface area contributed by atoms with Crippen molar-refractivity contribution in [2.24, 2.45) is 16.3 Å². The minimum Gasteiger partial charge on any atom is -0.468 e. The highest BCUT2D eigenvalue weighted by molar-refractivity contribution is 6.21. The van der Waals surface area contributed by atoms with E-state index in [1.54, 1.807) is 6.26 Å². The van der Waals surface area contributed by atoms with Crippen molar-refractivity contribution in [3.05, 3.63) is 24.2 Å². The molecule has 2 heterocycles. The summed E-state index contributed by atoms with van der Waals surface area (Å²) in [7, 11) is 0. The van der Waals surface area contributed by atoms with E-state index in [-0.39, 0.29) is 23.0 Å². The van der Waals surface area contributed by atoms with Crippen LogP contribution in [0.15, 0.2) is 27.8 Å². The number of hydrogen-bond donors (Lipinski definition) is 0. The maximum atomic E-state index is 13.0. The van der Waals surface area contributed by atoms with Crippen molar-refractivity contribution in [1.29, 1.82) is 0 Å². The van der Waals surface area contributed by atoms with E-state index in [0.29, 0.717) is 25.1 Å². The van der Waals surface area contributed by atoms with Crippen LogP contribution in [0.1, 0.15) is 82.9 Å². The van der Waals surface area contributed by atoms with Crippen LogP contribution in [0.2, 0.25) is 0 Å². The average molecular weight is 399 g/mol. The first-order valence-electron chi connectivity index (χ1n) is 11.4. The minimum atomic E-state index is -0.624.